The van der Waals surface area contributed by atoms with E-state index in [2.05, 4.69) is 10.4 Å². The maximum Gasteiger partial charge on any atom is 0.356 e. The summed E-state index contributed by atoms with van der Waals surface area (Å²) in [6, 6.07) is 16.1. The van der Waals surface area contributed by atoms with Crippen LogP contribution in [0, 0.1) is 19.7 Å². The lowest BCUT2D eigenvalue weighted by atomic mass is 10.2. The van der Waals surface area contributed by atoms with Crippen LogP contribution in [0.4, 0.5) is 10.1 Å². The number of carboxylic acid groups (broad SMARTS) is 1. The number of hydrogen-bond acceptors (Lipinski definition) is 7. The minimum atomic E-state index is -4.17. The SMILES string of the molecule is Cc1ccc(-n2nc(C(=O)O)c(C)c2Oc2ccc(NC(=O)c3ccc(F)cc3)cc2S(=O)(=O)N2CCOCC2)cc1. The Labute approximate surface area is 241 Å². The number of benzene rings is 3. The minimum Gasteiger partial charge on any atom is -0.476 e. The number of nitrogens with one attached hydrogen (secondary N) is 1. The Morgan fingerprint density at radius 3 is 2.31 bits per heavy atom. The average Bonchev–Trinajstić information content (AvgIpc) is 3.30. The van der Waals surface area contributed by atoms with Gasteiger partial charge in [-0.25, -0.2) is 17.6 Å². The van der Waals surface area contributed by atoms with Gasteiger partial charge in [0.15, 0.2) is 5.69 Å². The van der Waals surface area contributed by atoms with Crippen molar-refractivity contribution < 1.29 is 37.0 Å². The summed E-state index contributed by atoms with van der Waals surface area (Å²) in [7, 11) is -4.17. The predicted octanol–water partition coefficient (Wildman–Crippen LogP) is 4.39. The van der Waals surface area contributed by atoms with E-state index in [4.69, 9.17) is 9.47 Å². The summed E-state index contributed by atoms with van der Waals surface area (Å²) >= 11 is 0. The van der Waals surface area contributed by atoms with Crippen LogP contribution in [0.3, 0.4) is 0 Å². The normalized spacial score (nSPS) is 14.0. The number of rotatable bonds is 8. The summed E-state index contributed by atoms with van der Waals surface area (Å²) in [5, 5.41) is 16.6. The van der Waals surface area contributed by atoms with Crippen molar-refractivity contribution in [3.8, 4) is 17.3 Å². The van der Waals surface area contributed by atoms with Gasteiger partial charge in [0.1, 0.15) is 16.5 Å². The summed E-state index contributed by atoms with van der Waals surface area (Å²) in [5.41, 5.74) is 1.73. The third-order valence-corrected chi connectivity index (χ3v) is 8.57. The number of aryl methyl sites for hydroxylation is 1. The molecule has 1 amide bonds. The molecule has 2 heterocycles. The smallest absolute Gasteiger partial charge is 0.356 e. The third kappa shape index (κ3) is 5.88. The Morgan fingerprint density at radius 2 is 1.67 bits per heavy atom. The highest BCUT2D eigenvalue weighted by atomic mass is 32.2. The van der Waals surface area contributed by atoms with E-state index in [1.165, 1.54) is 46.2 Å². The molecule has 5 rings (SSSR count). The van der Waals surface area contributed by atoms with Crippen molar-refractivity contribution in [3.63, 3.8) is 0 Å². The van der Waals surface area contributed by atoms with Gasteiger partial charge in [-0.15, -0.1) is 0 Å². The van der Waals surface area contributed by atoms with Crippen molar-refractivity contribution in [2.24, 2.45) is 0 Å². The molecule has 0 spiro atoms. The van der Waals surface area contributed by atoms with Crippen molar-refractivity contribution >= 4 is 27.6 Å². The Kier molecular flexibility index (Phi) is 8.07. The second-order valence-electron chi connectivity index (χ2n) is 9.57. The van der Waals surface area contributed by atoms with E-state index < -0.39 is 27.7 Å². The molecule has 2 N–H and O–H groups in total. The van der Waals surface area contributed by atoms with Gasteiger partial charge >= 0.3 is 5.97 Å². The molecule has 0 aliphatic carbocycles. The van der Waals surface area contributed by atoms with Crippen molar-refractivity contribution in [2.75, 3.05) is 31.6 Å². The first-order valence-electron chi connectivity index (χ1n) is 12.9. The Morgan fingerprint density at radius 1 is 1.00 bits per heavy atom. The van der Waals surface area contributed by atoms with Crippen LogP contribution < -0.4 is 10.1 Å². The number of morpholine rings is 1. The van der Waals surface area contributed by atoms with Gasteiger partial charge in [0.05, 0.1) is 18.9 Å². The Bertz CT molecular complexity index is 1750. The van der Waals surface area contributed by atoms with Crippen LogP contribution in [0.1, 0.15) is 32.0 Å². The second kappa shape index (κ2) is 11.7. The third-order valence-electron chi connectivity index (χ3n) is 6.65. The number of carboxylic acids is 1. The molecule has 218 valence electrons. The Balaban J connectivity index is 1.59. The van der Waals surface area contributed by atoms with Gasteiger partial charge in [0, 0.05) is 29.9 Å². The molecule has 0 saturated carbocycles. The lowest BCUT2D eigenvalue weighted by Gasteiger charge is -2.27. The molecular weight excluding hydrogens is 567 g/mol. The van der Waals surface area contributed by atoms with Crippen molar-refractivity contribution in [3.05, 3.63) is 94.9 Å². The molecule has 1 fully saturated rings. The maximum absolute atomic E-state index is 13.9. The van der Waals surface area contributed by atoms with E-state index in [0.717, 1.165) is 17.7 Å². The van der Waals surface area contributed by atoms with Crippen LogP contribution in [0.25, 0.3) is 5.69 Å². The van der Waals surface area contributed by atoms with Gasteiger partial charge in [-0.05, 0) is 68.4 Å². The van der Waals surface area contributed by atoms with Crippen LogP contribution in [-0.2, 0) is 14.8 Å². The molecule has 1 aliphatic heterocycles. The number of ether oxygens (including phenoxy) is 2. The number of aromatic nitrogens is 2. The lowest BCUT2D eigenvalue weighted by molar-refractivity contribution is 0.0689. The topological polar surface area (TPSA) is 140 Å². The number of nitrogens with zero attached hydrogens (tertiary/aromatic N) is 3. The van der Waals surface area contributed by atoms with Gasteiger partial charge in [0.25, 0.3) is 5.91 Å². The molecule has 3 aromatic carbocycles. The molecule has 1 saturated heterocycles. The number of sulfonamides is 1. The summed E-state index contributed by atoms with van der Waals surface area (Å²) < 4.78 is 55.1. The summed E-state index contributed by atoms with van der Waals surface area (Å²) in [6.45, 7) is 4.05. The molecule has 1 aliphatic rings. The molecule has 0 radical (unpaired) electrons. The number of hydrogen-bond donors (Lipinski definition) is 2. The van der Waals surface area contributed by atoms with Gasteiger partial charge in [0.2, 0.25) is 15.9 Å². The molecule has 0 atom stereocenters. The number of anilines is 1. The summed E-state index contributed by atoms with van der Waals surface area (Å²) in [4.78, 5) is 24.5. The largest absolute Gasteiger partial charge is 0.476 e. The zero-order valence-corrected chi connectivity index (χ0v) is 23.5. The first-order valence-corrected chi connectivity index (χ1v) is 14.4. The molecule has 0 unspecified atom stereocenters. The van der Waals surface area contributed by atoms with E-state index in [9.17, 15) is 27.5 Å². The van der Waals surface area contributed by atoms with Gasteiger partial charge in [-0.1, -0.05) is 17.7 Å². The number of amides is 1. The first kappa shape index (κ1) is 28.9. The molecule has 4 aromatic rings. The second-order valence-corrected chi connectivity index (χ2v) is 11.5. The molecule has 42 heavy (non-hydrogen) atoms. The lowest BCUT2D eigenvalue weighted by Crippen LogP contribution is -2.40. The number of halogens is 1. The molecule has 1 aromatic heterocycles. The summed E-state index contributed by atoms with van der Waals surface area (Å²) in [6.07, 6.45) is 0. The highest BCUT2D eigenvalue weighted by Crippen LogP contribution is 2.37. The van der Waals surface area contributed by atoms with Crippen molar-refractivity contribution in [1.29, 1.82) is 0 Å². The highest BCUT2D eigenvalue weighted by Gasteiger charge is 2.31. The fraction of sp³-hybridized carbons (Fsp3) is 0.207. The van der Waals surface area contributed by atoms with Crippen LogP contribution in [-0.4, -0.2) is 65.8 Å². The fourth-order valence-electron chi connectivity index (χ4n) is 4.37. The van der Waals surface area contributed by atoms with Crippen LogP contribution in [0.15, 0.2) is 71.6 Å². The quantitative estimate of drug-likeness (QED) is 0.306. The van der Waals surface area contributed by atoms with Gasteiger partial charge in [-0.2, -0.15) is 14.1 Å². The number of carbonyl (C=O) groups excluding carboxylic acids is 1. The van der Waals surface area contributed by atoms with Gasteiger partial charge < -0.3 is 19.9 Å². The zero-order chi connectivity index (χ0) is 30.0. The molecule has 0 bridgehead atoms. The van der Waals surface area contributed by atoms with E-state index in [-0.39, 0.29) is 65.3 Å². The van der Waals surface area contributed by atoms with Crippen LogP contribution >= 0.6 is 0 Å². The standard InChI is InChI=1S/C29H27FN4O7S/c1-18-3-10-23(11-4-18)34-28(19(2)26(32-34)29(36)37)41-24-12-9-22(31-27(35)20-5-7-21(30)8-6-20)17-25(24)42(38,39)33-13-15-40-16-14-33/h3-12,17H,13-16H2,1-2H3,(H,31,35)(H,36,37). The van der Waals surface area contributed by atoms with E-state index in [0.29, 0.717) is 5.69 Å². The minimum absolute atomic E-state index is 0.0118. The average molecular weight is 595 g/mol. The maximum atomic E-state index is 13.9. The van der Waals surface area contributed by atoms with Crippen LogP contribution in [0.2, 0.25) is 0 Å². The molecule has 11 nitrogen and oxygen atoms in total. The number of carbonyl (C=O) groups is 2. The van der Waals surface area contributed by atoms with Gasteiger partial charge in [-0.3, -0.25) is 4.79 Å². The van der Waals surface area contributed by atoms with E-state index in [1.54, 1.807) is 12.1 Å². The molecular formula is C29H27FN4O7S. The zero-order valence-electron chi connectivity index (χ0n) is 22.7. The summed E-state index contributed by atoms with van der Waals surface area (Å²) in [5.74, 6) is -2.44. The van der Waals surface area contributed by atoms with Crippen molar-refractivity contribution in [1.82, 2.24) is 14.1 Å². The Hall–Kier alpha value is -4.59. The fourth-order valence-corrected chi connectivity index (χ4v) is 5.92. The first-order chi connectivity index (χ1) is 20.0. The molecule has 13 heteroatoms. The van der Waals surface area contributed by atoms with Crippen molar-refractivity contribution in [2.45, 2.75) is 18.7 Å². The highest BCUT2D eigenvalue weighted by molar-refractivity contribution is 7.89. The van der Waals surface area contributed by atoms with E-state index >= 15 is 0 Å². The number of aromatic carboxylic acids is 1. The van der Waals surface area contributed by atoms with E-state index in [1.807, 2.05) is 19.1 Å². The predicted molar refractivity (Wildman–Crippen MR) is 150 cm³/mol. The van der Waals surface area contributed by atoms with Crippen LogP contribution in [0.5, 0.6) is 11.6 Å². The monoisotopic (exact) mass is 594 g/mol.